The van der Waals surface area contributed by atoms with Crippen molar-refractivity contribution in [2.24, 2.45) is 4.99 Å². The number of nitrogens with zero attached hydrogens (tertiary/aromatic N) is 4. The molecule has 1 aromatic heterocycles. The molecule has 0 radical (unpaired) electrons. The predicted octanol–water partition coefficient (Wildman–Crippen LogP) is 1.63. The molecule has 0 amide bonds. The predicted molar refractivity (Wildman–Crippen MR) is 108 cm³/mol. The van der Waals surface area contributed by atoms with Crippen molar-refractivity contribution in [2.45, 2.75) is 32.5 Å². The number of benzene rings is 1. The second-order valence-corrected chi connectivity index (χ2v) is 6.79. The van der Waals surface area contributed by atoms with E-state index in [4.69, 9.17) is 9.47 Å². The summed E-state index contributed by atoms with van der Waals surface area (Å²) in [4.78, 5) is 14.5. The molecule has 0 saturated carbocycles. The van der Waals surface area contributed by atoms with Crippen molar-refractivity contribution in [3.8, 4) is 5.75 Å². The SMILES string of the molecule is CN=C(NCCn1cc([N+](=O)[O-])cn1)NCc1ccc(C)cc1OC1CCOC1. The average molecular weight is 402 g/mol. The van der Waals surface area contributed by atoms with Crippen molar-refractivity contribution in [1.82, 2.24) is 20.4 Å². The second kappa shape index (κ2) is 9.87. The zero-order valence-electron chi connectivity index (χ0n) is 16.6. The summed E-state index contributed by atoms with van der Waals surface area (Å²) in [5.41, 5.74) is 2.15. The lowest BCUT2D eigenvalue weighted by atomic mass is 10.1. The van der Waals surface area contributed by atoms with Crippen LogP contribution >= 0.6 is 0 Å². The van der Waals surface area contributed by atoms with Gasteiger partial charge in [0.1, 0.15) is 24.2 Å². The zero-order chi connectivity index (χ0) is 20.6. The van der Waals surface area contributed by atoms with Crippen molar-refractivity contribution < 1.29 is 14.4 Å². The van der Waals surface area contributed by atoms with E-state index < -0.39 is 4.92 Å². The van der Waals surface area contributed by atoms with E-state index in [0.29, 0.717) is 32.2 Å². The van der Waals surface area contributed by atoms with Crippen LogP contribution in [0.4, 0.5) is 5.69 Å². The number of hydrogen-bond donors (Lipinski definition) is 2. The van der Waals surface area contributed by atoms with E-state index in [1.807, 2.05) is 19.1 Å². The first-order valence-electron chi connectivity index (χ1n) is 9.50. The van der Waals surface area contributed by atoms with Gasteiger partial charge in [-0.1, -0.05) is 12.1 Å². The highest BCUT2D eigenvalue weighted by Crippen LogP contribution is 2.23. The number of nitro groups is 1. The lowest BCUT2D eigenvalue weighted by Gasteiger charge is -2.18. The Morgan fingerprint density at radius 1 is 1.48 bits per heavy atom. The summed E-state index contributed by atoms with van der Waals surface area (Å²) in [6, 6.07) is 6.13. The minimum atomic E-state index is -0.462. The van der Waals surface area contributed by atoms with E-state index in [2.05, 4.69) is 26.8 Å². The standard InChI is InChI=1S/C19H26N6O4/c1-14-3-4-15(18(9-14)29-17-5-8-28-13-17)10-22-19(20-2)21-6-7-24-12-16(11-23-24)25(26)27/h3-4,9,11-12,17H,5-8,10,13H2,1-2H3,(H2,20,21,22). The molecule has 10 heteroatoms. The van der Waals surface area contributed by atoms with E-state index >= 15 is 0 Å². The van der Waals surface area contributed by atoms with Gasteiger partial charge in [-0.2, -0.15) is 5.10 Å². The maximum absolute atomic E-state index is 10.7. The Labute approximate surface area is 169 Å². The van der Waals surface area contributed by atoms with Gasteiger partial charge in [0.05, 0.1) is 24.7 Å². The third-order valence-corrected chi connectivity index (χ3v) is 4.54. The van der Waals surface area contributed by atoms with Gasteiger partial charge in [-0.15, -0.1) is 0 Å². The molecule has 2 heterocycles. The van der Waals surface area contributed by atoms with Gasteiger partial charge in [0.25, 0.3) is 0 Å². The van der Waals surface area contributed by atoms with E-state index in [1.54, 1.807) is 7.05 Å². The van der Waals surface area contributed by atoms with E-state index in [1.165, 1.54) is 17.1 Å². The first-order chi connectivity index (χ1) is 14.0. The number of aromatic nitrogens is 2. The van der Waals surface area contributed by atoms with Crippen LogP contribution in [0.2, 0.25) is 0 Å². The zero-order valence-corrected chi connectivity index (χ0v) is 16.6. The Balaban J connectivity index is 1.51. The second-order valence-electron chi connectivity index (χ2n) is 6.79. The monoisotopic (exact) mass is 402 g/mol. The largest absolute Gasteiger partial charge is 0.488 e. The molecule has 1 unspecified atom stereocenters. The number of rotatable bonds is 8. The van der Waals surface area contributed by atoms with Crippen LogP contribution in [0.3, 0.4) is 0 Å². The molecule has 29 heavy (non-hydrogen) atoms. The van der Waals surface area contributed by atoms with Crippen molar-refractivity contribution in [3.63, 3.8) is 0 Å². The van der Waals surface area contributed by atoms with Crippen LogP contribution in [0.15, 0.2) is 35.6 Å². The Morgan fingerprint density at radius 2 is 2.34 bits per heavy atom. The van der Waals surface area contributed by atoms with Crippen molar-refractivity contribution in [3.05, 3.63) is 51.8 Å². The van der Waals surface area contributed by atoms with Gasteiger partial charge in [0.2, 0.25) is 0 Å². The summed E-state index contributed by atoms with van der Waals surface area (Å²) in [6.07, 6.45) is 3.63. The summed E-state index contributed by atoms with van der Waals surface area (Å²) in [5, 5.41) is 21.1. The molecule has 1 aliphatic rings. The first kappa shape index (κ1) is 20.6. The summed E-state index contributed by atoms with van der Waals surface area (Å²) < 4.78 is 13.0. The Bertz CT molecular complexity index is 860. The average Bonchev–Trinajstić information content (AvgIpc) is 3.38. The molecule has 1 aliphatic heterocycles. The van der Waals surface area contributed by atoms with Gasteiger partial charge in [-0.05, 0) is 18.6 Å². The number of ether oxygens (including phenoxy) is 2. The fraction of sp³-hybridized carbons (Fsp3) is 0.474. The van der Waals surface area contributed by atoms with Gasteiger partial charge < -0.3 is 20.1 Å². The maximum atomic E-state index is 10.7. The molecule has 1 saturated heterocycles. The number of hydrogen-bond acceptors (Lipinski definition) is 6. The number of aliphatic imine (C=N–C) groups is 1. The van der Waals surface area contributed by atoms with E-state index in [0.717, 1.165) is 29.9 Å². The molecule has 1 aromatic carbocycles. The molecule has 2 N–H and O–H groups in total. The van der Waals surface area contributed by atoms with Gasteiger partial charge in [0.15, 0.2) is 5.96 Å². The van der Waals surface area contributed by atoms with Crippen LogP contribution in [0.1, 0.15) is 17.5 Å². The fourth-order valence-corrected chi connectivity index (χ4v) is 2.96. The lowest BCUT2D eigenvalue weighted by Crippen LogP contribution is -2.38. The fourth-order valence-electron chi connectivity index (χ4n) is 2.96. The lowest BCUT2D eigenvalue weighted by molar-refractivity contribution is -0.385. The van der Waals surface area contributed by atoms with Crippen molar-refractivity contribution in [1.29, 1.82) is 0 Å². The molecular weight excluding hydrogens is 376 g/mol. The highest BCUT2D eigenvalue weighted by atomic mass is 16.6. The van der Waals surface area contributed by atoms with Gasteiger partial charge >= 0.3 is 5.69 Å². The maximum Gasteiger partial charge on any atom is 0.306 e. The Hall–Kier alpha value is -3.14. The third-order valence-electron chi connectivity index (χ3n) is 4.54. The first-order valence-corrected chi connectivity index (χ1v) is 9.50. The van der Waals surface area contributed by atoms with Crippen molar-refractivity contribution in [2.75, 3.05) is 26.8 Å². The summed E-state index contributed by atoms with van der Waals surface area (Å²) >= 11 is 0. The topological polar surface area (TPSA) is 116 Å². The summed E-state index contributed by atoms with van der Waals surface area (Å²) in [6.45, 7) is 4.95. The van der Waals surface area contributed by atoms with E-state index in [-0.39, 0.29) is 11.8 Å². The summed E-state index contributed by atoms with van der Waals surface area (Å²) in [7, 11) is 1.69. The Kier molecular flexibility index (Phi) is 7.01. The molecule has 1 atom stereocenters. The van der Waals surface area contributed by atoms with Crippen LogP contribution in [0, 0.1) is 17.0 Å². The minimum absolute atomic E-state index is 0.0212. The van der Waals surface area contributed by atoms with Crippen LogP contribution in [-0.2, 0) is 17.8 Å². The van der Waals surface area contributed by atoms with Gasteiger partial charge in [-0.25, -0.2) is 0 Å². The number of aryl methyl sites for hydroxylation is 1. The highest BCUT2D eigenvalue weighted by molar-refractivity contribution is 5.79. The molecule has 0 bridgehead atoms. The molecule has 0 spiro atoms. The van der Waals surface area contributed by atoms with Crippen LogP contribution in [-0.4, -0.2) is 53.6 Å². The summed E-state index contributed by atoms with van der Waals surface area (Å²) in [5.74, 6) is 1.48. The third kappa shape index (κ3) is 5.92. The van der Waals surface area contributed by atoms with E-state index in [9.17, 15) is 10.1 Å². The molecular formula is C19H26N6O4. The van der Waals surface area contributed by atoms with Gasteiger partial charge in [0, 0.05) is 32.1 Å². The minimum Gasteiger partial charge on any atom is -0.488 e. The number of nitrogens with one attached hydrogen (secondary N) is 2. The number of guanidine groups is 1. The molecule has 3 rings (SSSR count). The molecule has 2 aromatic rings. The molecule has 0 aliphatic carbocycles. The molecule has 1 fully saturated rings. The smallest absolute Gasteiger partial charge is 0.306 e. The van der Waals surface area contributed by atoms with Crippen LogP contribution in [0.5, 0.6) is 5.75 Å². The van der Waals surface area contributed by atoms with Gasteiger partial charge in [-0.3, -0.25) is 19.8 Å². The Morgan fingerprint density at radius 3 is 3.03 bits per heavy atom. The highest BCUT2D eigenvalue weighted by Gasteiger charge is 2.18. The molecule has 10 nitrogen and oxygen atoms in total. The van der Waals surface area contributed by atoms with Crippen LogP contribution < -0.4 is 15.4 Å². The van der Waals surface area contributed by atoms with Crippen molar-refractivity contribution >= 4 is 11.6 Å². The van der Waals surface area contributed by atoms with Crippen LogP contribution in [0.25, 0.3) is 0 Å². The normalized spacial score (nSPS) is 16.6. The quantitative estimate of drug-likeness (QED) is 0.298. The molecule has 156 valence electrons.